The fraction of sp³-hybridized carbons (Fsp3) is 0.636. The SMILES string of the molecule is C[C@@H]1C[N@@+]2(Cc3cc(C(C)(C)C)cc(C(C)(C)C)c3)C[C@H](OCc3ccccc3)[C@H]3CC[C@@H]1[C@]32C. The van der Waals surface area contributed by atoms with Gasteiger partial charge in [0.1, 0.15) is 24.7 Å². The Bertz CT molecular complexity index is 1030. The van der Waals surface area contributed by atoms with E-state index in [0.29, 0.717) is 17.6 Å². The average Bonchev–Trinajstić information content (AvgIpc) is 3.32. The van der Waals surface area contributed by atoms with Crippen LogP contribution in [0, 0.1) is 17.8 Å². The maximum absolute atomic E-state index is 6.76. The number of hydrogen-bond acceptors (Lipinski definition) is 1. The Hall–Kier alpha value is -1.64. The normalized spacial score (nSPS) is 34.4. The monoisotopic (exact) mass is 474 g/mol. The van der Waals surface area contributed by atoms with Gasteiger partial charge in [-0.1, -0.05) is 84.9 Å². The molecular weight excluding hydrogens is 426 g/mol. The lowest BCUT2D eigenvalue weighted by Crippen LogP contribution is -2.57. The van der Waals surface area contributed by atoms with Gasteiger partial charge in [-0.2, -0.15) is 0 Å². The van der Waals surface area contributed by atoms with E-state index < -0.39 is 0 Å². The summed E-state index contributed by atoms with van der Waals surface area (Å²) in [6, 6.07) is 18.3. The molecule has 3 fully saturated rings. The molecule has 5 rings (SSSR count). The van der Waals surface area contributed by atoms with Crippen LogP contribution in [0.1, 0.15) is 90.5 Å². The quantitative estimate of drug-likeness (QED) is 0.405. The van der Waals surface area contributed by atoms with Crippen LogP contribution < -0.4 is 0 Å². The van der Waals surface area contributed by atoms with E-state index in [1.165, 1.54) is 52.7 Å². The highest BCUT2D eigenvalue weighted by Gasteiger charge is 2.73. The Morgan fingerprint density at radius 3 is 2.03 bits per heavy atom. The predicted octanol–water partition coefficient (Wildman–Crippen LogP) is 7.63. The molecular formula is C33H48NO+. The third kappa shape index (κ3) is 4.19. The van der Waals surface area contributed by atoms with Crippen molar-refractivity contribution in [1.29, 1.82) is 0 Å². The lowest BCUT2D eigenvalue weighted by atomic mass is 9.78. The lowest BCUT2D eigenvalue weighted by molar-refractivity contribution is -0.967. The van der Waals surface area contributed by atoms with Gasteiger partial charge in [-0.25, -0.2) is 0 Å². The van der Waals surface area contributed by atoms with Gasteiger partial charge < -0.3 is 9.22 Å². The number of nitrogens with zero attached hydrogens (tertiary/aromatic N) is 1. The largest absolute Gasteiger partial charge is 0.367 e. The molecule has 0 aromatic heterocycles. The van der Waals surface area contributed by atoms with Crippen molar-refractivity contribution in [1.82, 2.24) is 0 Å². The molecule has 6 atom stereocenters. The summed E-state index contributed by atoms with van der Waals surface area (Å²) in [5.41, 5.74) is 6.43. The zero-order valence-corrected chi connectivity index (χ0v) is 23.5. The minimum atomic E-state index is 0.156. The second kappa shape index (κ2) is 8.45. The van der Waals surface area contributed by atoms with Gasteiger partial charge in [0.15, 0.2) is 0 Å². The van der Waals surface area contributed by atoms with Gasteiger partial charge in [0.25, 0.3) is 0 Å². The van der Waals surface area contributed by atoms with Crippen LogP contribution in [-0.4, -0.2) is 29.2 Å². The van der Waals surface area contributed by atoms with E-state index in [0.717, 1.165) is 25.0 Å². The van der Waals surface area contributed by atoms with Crippen LogP contribution in [-0.2, 0) is 28.7 Å². The van der Waals surface area contributed by atoms with Crippen molar-refractivity contribution >= 4 is 0 Å². The van der Waals surface area contributed by atoms with Crippen LogP contribution in [0.3, 0.4) is 0 Å². The molecule has 2 nitrogen and oxygen atoms in total. The molecule has 0 spiro atoms. The number of rotatable bonds is 5. The average molecular weight is 475 g/mol. The van der Waals surface area contributed by atoms with Crippen molar-refractivity contribution in [2.75, 3.05) is 13.1 Å². The first-order valence-electron chi connectivity index (χ1n) is 14.0. The highest BCUT2D eigenvalue weighted by molar-refractivity contribution is 5.37. The van der Waals surface area contributed by atoms with Crippen molar-refractivity contribution in [2.24, 2.45) is 17.8 Å². The van der Waals surface area contributed by atoms with Gasteiger partial charge in [-0.15, -0.1) is 0 Å². The minimum absolute atomic E-state index is 0.156. The maximum Gasteiger partial charge on any atom is 0.116 e. The first-order chi connectivity index (χ1) is 16.3. The van der Waals surface area contributed by atoms with E-state index in [1.807, 2.05) is 0 Å². The fourth-order valence-corrected chi connectivity index (χ4v) is 8.21. The maximum atomic E-state index is 6.76. The topological polar surface area (TPSA) is 9.23 Å². The van der Waals surface area contributed by atoms with E-state index >= 15 is 0 Å². The van der Waals surface area contributed by atoms with E-state index in [1.54, 1.807) is 0 Å². The van der Waals surface area contributed by atoms with Gasteiger partial charge in [0.05, 0.1) is 13.2 Å². The van der Waals surface area contributed by atoms with E-state index in [2.05, 4.69) is 104 Å². The number of hydrogen-bond donors (Lipinski definition) is 0. The highest BCUT2D eigenvalue weighted by atomic mass is 16.5. The zero-order chi connectivity index (χ0) is 25.2. The molecule has 0 N–H and O–H groups in total. The Morgan fingerprint density at radius 1 is 0.829 bits per heavy atom. The summed E-state index contributed by atoms with van der Waals surface area (Å²) in [7, 11) is 0. The lowest BCUT2D eigenvalue weighted by Gasteiger charge is -2.44. The van der Waals surface area contributed by atoms with Crippen LogP contribution in [0.2, 0.25) is 0 Å². The third-order valence-corrected chi connectivity index (χ3v) is 10.1. The number of ether oxygens (including phenoxy) is 1. The first kappa shape index (κ1) is 25.0. The molecule has 0 amide bonds. The summed E-state index contributed by atoms with van der Waals surface area (Å²) in [6.07, 6.45) is 3.08. The molecule has 2 saturated heterocycles. The molecule has 0 unspecified atom stereocenters. The van der Waals surface area contributed by atoms with Gasteiger partial charge in [0.2, 0.25) is 0 Å². The summed E-state index contributed by atoms with van der Waals surface area (Å²) in [6.45, 7) is 23.7. The molecule has 1 saturated carbocycles. The van der Waals surface area contributed by atoms with Gasteiger partial charge in [-0.05, 0) is 59.4 Å². The van der Waals surface area contributed by atoms with Crippen LogP contribution in [0.25, 0.3) is 0 Å². The molecule has 190 valence electrons. The predicted molar refractivity (Wildman–Crippen MR) is 146 cm³/mol. The van der Waals surface area contributed by atoms with Crippen LogP contribution in [0.4, 0.5) is 0 Å². The summed E-state index contributed by atoms with van der Waals surface area (Å²) in [5.74, 6) is 2.30. The Kier molecular flexibility index (Phi) is 6.04. The van der Waals surface area contributed by atoms with E-state index in [-0.39, 0.29) is 10.8 Å². The molecule has 0 radical (unpaired) electrons. The van der Waals surface area contributed by atoms with Crippen molar-refractivity contribution in [2.45, 2.75) is 104 Å². The van der Waals surface area contributed by atoms with Crippen molar-refractivity contribution in [3.05, 3.63) is 70.8 Å². The standard InChI is InChI=1S/C33H48NO/c1-23-19-34(20-25-16-26(31(2,3)4)18-27(17-25)32(5,6)7)21-30(29-15-14-28(23)33(29,34)8)35-22-24-12-10-9-11-13-24/h9-13,16-18,23,28-30H,14-15,19-22H2,1-8H3/q+1/t23-,28+,29-,30+,33-,34-/m1/s1. The smallest absolute Gasteiger partial charge is 0.116 e. The zero-order valence-electron chi connectivity index (χ0n) is 23.5. The summed E-state index contributed by atoms with van der Waals surface area (Å²) in [5, 5.41) is 0. The molecule has 2 heteroatoms. The van der Waals surface area contributed by atoms with Gasteiger partial charge >= 0.3 is 0 Å². The van der Waals surface area contributed by atoms with Crippen LogP contribution in [0.5, 0.6) is 0 Å². The fourth-order valence-electron chi connectivity index (χ4n) is 8.21. The summed E-state index contributed by atoms with van der Waals surface area (Å²) >= 11 is 0. The second-order valence-corrected chi connectivity index (χ2v) is 14.4. The van der Waals surface area contributed by atoms with Crippen molar-refractivity contribution in [3.63, 3.8) is 0 Å². The molecule has 2 heterocycles. The Balaban J connectivity index is 1.49. The van der Waals surface area contributed by atoms with Gasteiger partial charge in [0, 0.05) is 23.3 Å². The molecule has 2 aromatic carbocycles. The first-order valence-corrected chi connectivity index (χ1v) is 14.0. The number of quaternary nitrogens is 1. The molecule has 2 aromatic rings. The van der Waals surface area contributed by atoms with Crippen molar-refractivity contribution < 1.29 is 9.22 Å². The van der Waals surface area contributed by atoms with Crippen LogP contribution in [0.15, 0.2) is 48.5 Å². The minimum Gasteiger partial charge on any atom is -0.367 e. The molecule has 3 aliphatic rings. The summed E-state index contributed by atoms with van der Waals surface area (Å²) in [4.78, 5) is 0. The molecule has 1 aliphatic carbocycles. The molecule has 2 aliphatic heterocycles. The van der Waals surface area contributed by atoms with E-state index in [4.69, 9.17) is 4.74 Å². The third-order valence-electron chi connectivity index (χ3n) is 10.1. The molecule has 35 heavy (non-hydrogen) atoms. The van der Waals surface area contributed by atoms with E-state index in [9.17, 15) is 0 Å². The summed E-state index contributed by atoms with van der Waals surface area (Å²) < 4.78 is 7.98. The Morgan fingerprint density at radius 2 is 1.43 bits per heavy atom. The highest BCUT2D eigenvalue weighted by Crippen LogP contribution is 2.63. The van der Waals surface area contributed by atoms with Crippen LogP contribution >= 0.6 is 0 Å². The van der Waals surface area contributed by atoms with Gasteiger partial charge in [-0.3, -0.25) is 0 Å². The number of benzene rings is 2. The second-order valence-electron chi connectivity index (χ2n) is 14.4. The Labute approximate surface area is 214 Å². The van der Waals surface area contributed by atoms with Crippen molar-refractivity contribution in [3.8, 4) is 0 Å². The molecule has 0 bridgehead atoms.